The van der Waals surface area contributed by atoms with E-state index in [0.717, 1.165) is 70.5 Å². The van der Waals surface area contributed by atoms with Crippen molar-refractivity contribution in [2.24, 2.45) is 17.8 Å². The minimum absolute atomic E-state index is 0.147. The predicted molar refractivity (Wildman–Crippen MR) is 212 cm³/mol. The summed E-state index contributed by atoms with van der Waals surface area (Å²) in [5, 5.41) is 0. The van der Waals surface area contributed by atoms with Crippen LogP contribution in [0.2, 0.25) is 0 Å². The smallest absolute Gasteiger partial charge is 0.487 e. The van der Waals surface area contributed by atoms with E-state index in [1.54, 1.807) is 6.08 Å². The summed E-state index contributed by atoms with van der Waals surface area (Å²) in [7, 11) is -0.526. The number of halogens is 1. The van der Waals surface area contributed by atoms with Gasteiger partial charge in [0.05, 0.1) is 11.2 Å². The first-order valence-electron chi connectivity index (χ1n) is 19.8. The third-order valence-corrected chi connectivity index (χ3v) is 11.8. The van der Waals surface area contributed by atoms with Gasteiger partial charge in [-0.2, -0.15) is 0 Å². The molecule has 276 valence electrons. The zero-order valence-electron chi connectivity index (χ0n) is 33.5. The molecular formula is C45H68BFO3. The Morgan fingerprint density at radius 1 is 0.840 bits per heavy atom. The zero-order valence-corrected chi connectivity index (χ0v) is 33.5. The van der Waals surface area contributed by atoms with Gasteiger partial charge < -0.3 is 14.0 Å². The Kier molecular flexibility index (Phi) is 14.1. The monoisotopic (exact) mass is 687 g/mol. The van der Waals surface area contributed by atoms with E-state index in [2.05, 4.69) is 53.7 Å². The first kappa shape index (κ1) is 40.4. The van der Waals surface area contributed by atoms with Gasteiger partial charge in [-0.15, -0.1) is 0 Å². The van der Waals surface area contributed by atoms with Crippen LogP contribution in [0.15, 0.2) is 53.8 Å². The van der Waals surface area contributed by atoms with Crippen molar-refractivity contribution in [2.75, 3.05) is 0 Å². The highest BCUT2D eigenvalue weighted by atomic mass is 19.1. The van der Waals surface area contributed by atoms with Crippen molar-refractivity contribution >= 4 is 18.8 Å². The maximum absolute atomic E-state index is 16.0. The van der Waals surface area contributed by atoms with E-state index in [1.807, 2.05) is 65.0 Å². The van der Waals surface area contributed by atoms with Crippen LogP contribution in [0.3, 0.4) is 0 Å². The summed E-state index contributed by atoms with van der Waals surface area (Å²) >= 11 is 0. The van der Waals surface area contributed by atoms with Gasteiger partial charge in [-0.1, -0.05) is 103 Å². The van der Waals surface area contributed by atoms with Gasteiger partial charge in [0.25, 0.3) is 0 Å². The van der Waals surface area contributed by atoms with Crippen molar-refractivity contribution in [3.63, 3.8) is 0 Å². The summed E-state index contributed by atoms with van der Waals surface area (Å²) in [5.41, 5.74) is 4.86. The van der Waals surface area contributed by atoms with Crippen molar-refractivity contribution in [2.45, 2.75) is 170 Å². The first-order valence-corrected chi connectivity index (χ1v) is 19.8. The molecule has 0 radical (unpaired) electrons. The fourth-order valence-corrected chi connectivity index (χ4v) is 7.64. The molecule has 0 aliphatic carbocycles. The van der Waals surface area contributed by atoms with Gasteiger partial charge in [0.1, 0.15) is 17.2 Å². The summed E-state index contributed by atoms with van der Waals surface area (Å²) in [6.07, 6.45) is 15.5. The summed E-state index contributed by atoms with van der Waals surface area (Å²) < 4.78 is 35.5. The molecule has 0 saturated carbocycles. The number of ether oxygens (including phenoxy) is 1. The van der Waals surface area contributed by atoms with Crippen LogP contribution in [0.5, 0.6) is 5.75 Å². The normalized spacial score (nSPS) is 21.9. The van der Waals surface area contributed by atoms with Crippen LogP contribution in [0, 0.1) is 24.7 Å². The van der Waals surface area contributed by atoms with E-state index in [9.17, 15) is 0 Å². The van der Waals surface area contributed by atoms with Gasteiger partial charge in [0.2, 0.25) is 0 Å². The van der Waals surface area contributed by atoms with Crippen LogP contribution >= 0.6 is 0 Å². The minimum atomic E-state index is -0.526. The number of hydrogen-bond donors (Lipinski definition) is 0. The summed E-state index contributed by atoms with van der Waals surface area (Å²) in [6.45, 7) is 24.1. The maximum Gasteiger partial charge on any atom is 0.490 e. The molecule has 0 aromatic heterocycles. The molecule has 0 N–H and O–H groups in total. The standard InChI is InChI=1S/C45H68BFO3/c1-32(2)18-15-19-33(3)20-16-21-34(4)22-17-26-45(11)27-25-39-29-37(28-35(5)42(39)48-45)30-40(47)31-41(38-23-13-12-14-24-38)36(6)46-49-43(7,8)44(9,10)50-46/h12-14,23-24,28-30,32-34H,15-22,25-27,31H2,1-11H3/b40-30-,41-36+/t33-,34-,45-/m1/s1. The molecule has 4 rings (SSSR count). The fourth-order valence-electron chi connectivity index (χ4n) is 7.64. The second-order valence-electron chi connectivity index (χ2n) is 17.6. The van der Waals surface area contributed by atoms with Crippen LogP contribution < -0.4 is 4.74 Å². The van der Waals surface area contributed by atoms with Crippen LogP contribution in [-0.4, -0.2) is 23.9 Å². The number of aryl methyl sites for hydroxylation is 2. The highest BCUT2D eigenvalue weighted by molar-refractivity contribution is 6.56. The summed E-state index contributed by atoms with van der Waals surface area (Å²) in [6, 6.07) is 14.2. The number of rotatable bonds is 17. The molecule has 0 spiro atoms. The molecule has 0 bridgehead atoms. The average Bonchev–Trinajstić information content (AvgIpc) is 3.26. The van der Waals surface area contributed by atoms with Crippen molar-refractivity contribution in [1.29, 1.82) is 0 Å². The molecule has 3 nitrogen and oxygen atoms in total. The molecule has 2 aliphatic heterocycles. The Hall–Kier alpha value is -2.37. The molecular weight excluding hydrogens is 618 g/mol. The van der Waals surface area contributed by atoms with Crippen LogP contribution in [0.25, 0.3) is 11.6 Å². The van der Waals surface area contributed by atoms with Gasteiger partial charge in [0, 0.05) is 6.42 Å². The molecule has 2 aliphatic rings. The van der Waals surface area contributed by atoms with E-state index in [0.29, 0.717) is 0 Å². The van der Waals surface area contributed by atoms with Crippen LogP contribution in [0.4, 0.5) is 4.39 Å². The summed E-state index contributed by atoms with van der Waals surface area (Å²) in [4.78, 5) is 0. The average molecular weight is 687 g/mol. The Labute approximate surface area is 306 Å². The fraction of sp³-hybridized carbons (Fsp3) is 0.644. The maximum atomic E-state index is 16.0. The number of fused-ring (bicyclic) bond motifs is 1. The lowest BCUT2D eigenvalue weighted by atomic mass is 9.74. The molecule has 2 heterocycles. The van der Waals surface area contributed by atoms with Gasteiger partial charge in [-0.3, -0.25) is 0 Å². The molecule has 1 saturated heterocycles. The van der Waals surface area contributed by atoms with Gasteiger partial charge in [-0.05, 0) is 143 Å². The molecule has 2 aromatic rings. The topological polar surface area (TPSA) is 27.7 Å². The van der Waals surface area contributed by atoms with E-state index < -0.39 is 18.3 Å². The zero-order chi connectivity index (χ0) is 36.7. The third kappa shape index (κ3) is 11.1. The molecule has 1 fully saturated rings. The van der Waals surface area contributed by atoms with E-state index in [-0.39, 0.29) is 17.8 Å². The summed E-state index contributed by atoms with van der Waals surface area (Å²) in [5.74, 6) is 3.26. The lowest BCUT2D eigenvalue weighted by molar-refractivity contribution is 0.00578. The Morgan fingerprint density at radius 2 is 1.42 bits per heavy atom. The van der Waals surface area contributed by atoms with E-state index >= 15 is 4.39 Å². The molecule has 0 amide bonds. The Morgan fingerprint density at radius 3 is 2.02 bits per heavy atom. The predicted octanol–water partition coefficient (Wildman–Crippen LogP) is 13.3. The van der Waals surface area contributed by atoms with Gasteiger partial charge >= 0.3 is 7.12 Å². The highest BCUT2D eigenvalue weighted by Gasteiger charge is 2.52. The molecule has 50 heavy (non-hydrogen) atoms. The molecule has 3 atom stereocenters. The number of benzene rings is 2. The minimum Gasteiger partial charge on any atom is -0.487 e. The van der Waals surface area contributed by atoms with Crippen molar-refractivity contribution in [3.8, 4) is 5.75 Å². The third-order valence-electron chi connectivity index (χ3n) is 11.8. The number of allylic oxidation sites excluding steroid dienone is 3. The largest absolute Gasteiger partial charge is 0.490 e. The molecule has 5 heteroatoms. The molecule has 2 aromatic carbocycles. The highest BCUT2D eigenvalue weighted by Crippen LogP contribution is 2.42. The van der Waals surface area contributed by atoms with Crippen molar-refractivity contribution in [3.05, 3.63) is 76.0 Å². The lowest BCUT2D eigenvalue weighted by Crippen LogP contribution is -2.41. The second-order valence-corrected chi connectivity index (χ2v) is 17.6. The van der Waals surface area contributed by atoms with Crippen molar-refractivity contribution in [1.82, 2.24) is 0 Å². The lowest BCUT2D eigenvalue weighted by Gasteiger charge is -2.37. The van der Waals surface area contributed by atoms with E-state index in [4.69, 9.17) is 14.0 Å². The SMILES string of the molecule is C/C(B1OC(C)(C)C(C)(C)O1)=C(/C/C(F)=C/c1cc(C)c2c(c1)CC[C@@](C)(CCC[C@H](C)CCC[C@H](C)CCCC(C)C)O2)c1ccccc1. The van der Waals surface area contributed by atoms with Gasteiger partial charge in [-0.25, -0.2) is 4.39 Å². The Balaban J connectivity index is 1.35. The van der Waals surface area contributed by atoms with Crippen LogP contribution in [-0.2, 0) is 15.7 Å². The number of hydrogen-bond acceptors (Lipinski definition) is 3. The van der Waals surface area contributed by atoms with Gasteiger partial charge in [0.15, 0.2) is 0 Å². The molecule has 0 unspecified atom stereocenters. The Bertz CT molecular complexity index is 1440. The quantitative estimate of drug-likeness (QED) is 0.155. The van der Waals surface area contributed by atoms with Crippen LogP contribution in [0.1, 0.15) is 162 Å². The van der Waals surface area contributed by atoms with E-state index in [1.165, 1.54) is 56.9 Å². The second kappa shape index (κ2) is 17.4. The van der Waals surface area contributed by atoms with Crippen molar-refractivity contribution < 1.29 is 18.4 Å². The first-order chi connectivity index (χ1) is 23.5.